The number of fused-ring (bicyclic) bond motifs is 1. The van der Waals surface area contributed by atoms with E-state index in [1.165, 1.54) is 38.2 Å². The minimum absolute atomic E-state index is 0.209. The summed E-state index contributed by atoms with van der Waals surface area (Å²) in [6.07, 6.45) is -4.45. The zero-order chi connectivity index (χ0) is 22.2. The number of alkyl halides is 3. The van der Waals surface area contributed by atoms with Gasteiger partial charge >= 0.3 is 6.18 Å². The second kappa shape index (κ2) is 7.66. The van der Waals surface area contributed by atoms with E-state index in [1.807, 2.05) is 0 Å². The molecule has 0 aliphatic rings. The third-order valence-corrected chi connectivity index (χ3v) is 4.64. The number of aromatic nitrogens is 1. The van der Waals surface area contributed by atoms with Crippen LogP contribution in [0.25, 0.3) is 22.0 Å². The van der Waals surface area contributed by atoms with Crippen molar-refractivity contribution < 1.29 is 27.9 Å². The van der Waals surface area contributed by atoms with E-state index in [0.717, 1.165) is 16.7 Å². The Morgan fingerprint density at radius 3 is 2.23 bits per heavy atom. The van der Waals surface area contributed by atoms with Crippen molar-refractivity contribution in [3.05, 3.63) is 63.9 Å². The van der Waals surface area contributed by atoms with Crippen LogP contribution in [0.2, 0.25) is 0 Å². The first-order chi connectivity index (χ1) is 14.0. The number of pyridine rings is 1. The second-order valence-corrected chi connectivity index (χ2v) is 6.78. The van der Waals surface area contributed by atoms with Gasteiger partial charge in [0.25, 0.3) is 11.5 Å². The third kappa shape index (κ3) is 3.91. The molecular weight excluding hydrogens is 401 g/mol. The molecule has 3 rings (SSSR count). The number of Topliss-reactive ketones (excluding diaryl/α,β-unsaturated/α-hetero) is 1. The lowest BCUT2D eigenvalue weighted by molar-refractivity contribution is -0.137. The van der Waals surface area contributed by atoms with E-state index in [1.54, 1.807) is 6.07 Å². The fourth-order valence-corrected chi connectivity index (χ4v) is 3.05. The minimum Gasteiger partial charge on any atom is -0.506 e. The van der Waals surface area contributed by atoms with Crippen molar-refractivity contribution in [3.63, 3.8) is 0 Å². The molecule has 0 radical (unpaired) electrons. The highest BCUT2D eigenvalue weighted by Gasteiger charge is 2.30. The Morgan fingerprint density at radius 1 is 1.07 bits per heavy atom. The zero-order valence-corrected chi connectivity index (χ0v) is 16.0. The summed E-state index contributed by atoms with van der Waals surface area (Å²) < 4.78 is 39.4. The molecule has 2 aromatic carbocycles. The lowest BCUT2D eigenvalue weighted by atomic mass is 10.0. The van der Waals surface area contributed by atoms with Crippen molar-refractivity contribution in [2.75, 3.05) is 6.54 Å². The van der Waals surface area contributed by atoms with E-state index < -0.39 is 34.5 Å². The predicted molar refractivity (Wildman–Crippen MR) is 104 cm³/mol. The van der Waals surface area contributed by atoms with E-state index in [0.29, 0.717) is 11.1 Å². The highest BCUT2D eigenvalue weighted by atomic mass is 19.4. The predicted octanol–water partition coefficient (Wildman–Crippen LogP) is 3.25. The fraction of sp³-hybridized carbons (Fsp3) is 0.190. The van der Waals surface area contributed by atoms with Gasteiger partial charge in [0.05, 0.1) is 17.6 Å². The largest absolute Gasteiger partial charge is 0.506 e. The SMILES string of the molecule is CC(=O)CNC(=O)c1c(O)c2ccc(-c3ccc(C(F)(F)F)cc3)cc2n(C)c1=O. The van der Waals surface area contributed by atoms with E-state index in [4.69, 9.17) is 0 Å². The van der Waals surface area contributed by atoms with Gasteiger partial charge in [0.2, 0.25) is 0 Å². The van der Waals surface area contributed by atoms with Crippen molar-refractivity contribution >= 4 is 22.6 Å². The molecule has 0 saturated heterocycles. The topological polar surface area (TPSA) is 88.4 Å². The number of halogens is 3. The number of ketones is 1. The van der Waals surface area contributed by atoms with Crippen LogP contribution in [0, 0.1) is 0 Å². The van der Waals surface area contributed by atoms with Gasteiger partial charge in [-0.3, -0.25) is 14.4 Å². The first-order valence-electron chi connectivity index (χ1n) is 8.81. The van der Waals surface area contributed by atoms with Gasteiger partial charge in [-0.2, -0.15) is 13.2 Å². The van der Waals surface area contributed by atoms with Gasteiger partial charge < -0.3 is 15.0 Å². The summed E-state index contributed by atoms with van der Waals surface area (Å²) in [6, 6.07) is 9.11. The molecule has 0 atom stereocenters. The van der Waals surface area contributed by atoms with Gasteiger partial charge in [0.15, 0.2) is 0 Å². The number of amides is 1. The fourth-order valence-electron chi connectivity index (χ4n) is 3.05. The average molecular weight is 418 g/mol. The maximum Gasteiger partial charge on any atom is 0.416 e. The van der Waals surface area contributed by atoms with E-state index in [9.17, 15) is 32.7 Å². The molecule has 1 heterocycles. The number of nitrogens with one attached hydrogen (secondary N) is 1. The summed E-state index contributed by atoms with van der Waals surface area (Å²) in [6.45, 7) is 0.980. The van der Waals surface area contributed by atoms with Crippen LogP contribution < -0.4 is 10.9 Å². The number of rotatable bonds is 4. The van der Waals surface area contributed by atoms with Gasteiger partial charge in [-0.15, -0.1) is 0 Å². The maximum atomic E-state index is 12.8. The molecule has 9 heteroatoms. The van der Waals surface area contributed by atoms with Crippen molar-refractivity contribution in [2.45, 2.75) is 13.1 Å². The number of carbonyl (C=O) groups excluding carboxylic acids is 2. The Hall–Kier alpha value is -3.62. The second-order valence-electron chi connectivity index (χ2n) is 6.78. The van der Waals surface area contributed by atoms with Gasteiger partial charge in [0.1, 0.15) is 17.1 Å². The van der Waals surface area contributed by atoms with Crippen molar-refractivity contribution in [3.8, 4) is 16.9 Å². The highest BCUT2D eigenvalue weighted by Crippen LogP contribution is 2.33. The molecule has 0 aliphatic heterocycles. The molecule has 1 aromatic heterocycles. The molecule has 0 bridgehead atoms. The Morgan fingerprint density at radius 2 is 1.67 bits per heavy atom. The van der Waals surface area contributed by atoms with Crippen LogP contribution in [0.3, 0.4) is 0 Å². The standard InChI is InChI=1S/C21H17F3N2O4/c1-11(27)10-25-19(29)17-18(28)15-8-5-13(9-16(15)26(2)20(17)30)12-3-6-14(7-4-12)21(22,23)24/h3-9,28H,10H2,1-2H3,(H,25,29). The number of carbonyl (C=O) groups is 2. The van der Waals surface area contributed by atoms with Crippen LogP contribution >= 0.6 is 0 Å². The molecule has 0 fully saturated rings. The molecule has 0 aliphatic carbocycles. The summed E-state index contributed by atoms with van der Waals surface area (Å²) in [5.41, 5.74) is -0.741. The normalized spacial score (nSPS) is 11.5. The van der Waals surface area contributed by atoms with Crippen LogP contribution in [-0.4, -0.2) is 27.9 Å². The number of benzene rings is 2. The quantitative estimate of drug-likeness (QED) is 0.681. The van der Waals surface area contributed by atoms with Crippen molar-refractivity contribution in [1.29, 1.82) is 0 Å². The molecule has 0 unspecified atom stereocenters. The number of aryl methyl sites for hydroxylation is 1. The summed E-state index contributed by atoms with van der Waals surface area (Å²) in [4.78, 5) is 35.9. The zero-order valence-electron chi connectivity index (χ0n) is 16.0. The molecule has 6 nitrogen and oxygen atoms in total. The van der Waals surface area contributed by atoms with Crippen LogP contribution in [0.1, 0.15) is 22.8 Å². The van der Waals surface area contributed by atoms with Crippen LogP contribution in [0.15, 0.2) is 47.3 Å². The lowest BCUT2D eigenvalue weighted by Crippen LogP contribution is -2.34. The monoisotopic (exact) mass is 418 g/mol. The van der Waals surface area contributed by atoms with E-state index in [-0.39, 0.29) is 23.2 Å². The first kappa shape index (κ1) is 21.1. The summed E-state index contributed by atoms with van der Waals surface area (Å²) in [5, 5.41) is 13.0. The average Bonchev–Trinajstić information content (AvgIpc) is 2.69. The molecule has 0 spiro atoms. The number of hydrogen-bond acceptors (Lipinski definition) is 4. The van der Waals surface area contributed by atoms with Crippen molar-refractivity contribution in [2.24, 2.45) is 7.05 Å². The van der Waals surface area contributed by atoms with Crippen LogP contribution in [-0.2, 0) is 18.0 Å². The first-order valence-corrected chi connectivity index (χ1v) is 8.81. The third-order valence-electron chi connectivity index (χ3n) is 4.64. The highest BCUT2D eigenvalue weighted by molar-refractivity contribution is 6.03. The summed E-state index contributed by atoms with van der Waals surface area (Å²) >= 11 is 0. The lowest BCUT2D eigenvalue weighted by Gasteiger charge is -2.13. The van der Waals surface area contributed by atoms with E-state index >= 15 is 0 Å². The van der Waals surface area contributed by atoms with Gasteiger partial charge in [-0.05, 0) is 42.3 Å². The van der Waals surface area contributed by atoms with Gasteiger partial charge in [-0.1, -0.05) is 18.2 Å². The smallest absolute Gasteiger partial charge is 0.416 e. The number of nitrogens with zero attached hydrogens (tertiary/aromatic N) is 1. The van der Waals surface area contributed by atoms with Crippen molar-refractivity contribution in [1.82, 2.24) is 9.88 Å². The minimum atomic E-state index is -4.45. The van der Waals surface area contributed by atoms with Gasteiger partial charge in [0, 0.05) is 12.4 Å². The molecule has 0 saturated carbocycles. The molecule has 30 heavy (non-hydrogen) atoms. The maximum absolute atomic E-state index is 12.8. The molecular formula is C21H17F3N2O4. The summed E-state index contributed by atoms with van der Waals surface area (Å²) in [5.74, 6) is -1.73. The number of hydrogen-bond donors (Lipinski definition) is 2. The van der Waals surface area contributed by atoms with Gasteiger partial charge in [-0.25, -0.2) is 0 Å². The molecule has 2 N–H and O–H groups in total. The molecule has 1 amide bonds. The Bertz CT molecular complexity index is 1210. The Kier molecular flexibility index (Phi) is 5.39. The van der Waals surface area contributed by atoms with Crippen LogP contribution in [0.5, 0.6) is 5.75 Å². The Balaban J connectivity index is 2.09. The number of aromatic hydroxyl groups is 1. The van der Waals surface area contributed by atoms with E-state index in [2.05, 4.69) is 5.32 Å². The molecule has 156 valence electrons. The summed E-state index contributed by atoms with van der Waals surface area (Å²) in [7, 11) is 1.41. The molecule has 3 aromatic rings. The van der Waals surface area contributed by atoms with Crippen LogP contribution in [0.4, 0.5) is 13.2 Å². The Labute approximate surface area is 168 Å².